The van der Waals surface area contributed by atoms with E-state index in [2.05, 4.69) is 25.8 Å². The molecule has 0 fully saturated rings. The van der Waals surface area contributed by atoms with Gasteiger partial charge in [-0.15, -0.1) is 11.3 Å². The van der Waals surface area contributed by atoms with Crippen molar-refractivity contribution in [3.8, 4) is 0 Å². The third kappa shape index (κ3) is 3.90. The number of rotatable bonds is 6. The standard InChI is InChI=1S/C11H12BrN3O4S2/c1-7-5-13-15(6-7)3-2-14-21(18,19)9-4-8(11(16)17)20-10(9)12/h4-6,14H,2-3H2,1H3,(H,16,17). The van der Waals surface area contributed by atoms with Crippen LogP contribution in [-0.2, 0) is 16.6 Å². The number of aromatic carboxylic acids is 1. The number of hydrogen-bond acceptors (Lipinski definition) is 5. The lowest BCUT2D eigenvalue weighted by Gasteiger charge is -2.05. The van der Waals surface area contributed by atoms with Crippen LogP contribution in [0.3, 0.4) is 0 Å². The second-order valence-electron chi connectivity index (χ2n) is 4.23. The summed E-state index contributed by atoms with van der Waals surface area (Å²) in [6, 6.07) is 1.14. The third-order valence-electron chi connectivity index (χ3n) is 2.55. The molecule has 0 amide bonds. The molecule has 2 heterocycles. The Morgan fingerprint density at radius 1 is 1.57 bits per heavy atom. The first kappa shape index (κ1) is 16.1. The van der Waals surface area contributed by atoms with Crippen LogP contribution < -0.4 is 4.72 Å². The highest BCUT2D eigenvalue weighted by Gasteiger charge is 2.22. The molecule has 0 saturated carbocycles. The fourth-order valence-corrected chi connectivity index (χ4v) is 5.02. The van der Waals surface area contributed by atoms with Crippen LogP contribution in [-0.4, -0.2) is 35.8 Å². The maximum atomic E-state index is 12.1. The monoisotopic (exact) mass is 393 g/mol. The minimum atomic E-state index is -3.76. The average molecular weight is 394 g/mol. The number of sulfonamides is 1. The zero-order valence-corrected chi connectivity index (χ0v) is 14.1. The van der Waals surface area contributed by atoms with E-state index < -0.39 is 16.0 Å². The Hall–Kier alpha value is -1.23. The lowest BCUT2D eigenvalue weighted by molar-refractivity contribution is 0.0702. The normalized spacial score (nSPS) is 11.7. The molecule has 0 bridgehead atoms. The summed E-state index contributed by atoms with van der Waals surface area (Å²) in [5.41, 5.74) is 0.990. The molecule has 21 heavy (non-hydrogen) atoms. The maximum Gasteiger partial charge on any atom is 0.345 e. The predicted molar refractivity (Wildman–Crippen MR) is 81.1 cm³/mol. The van der Waals surface area contributed by atoms with E-state index in [1.54, 1.807) is 17.1 Å². The van der Waals surface area contributed by atoms with Gasteiger partial charge in [0.15, 0.2) is 0 Å². The summed E-state index contributed by atoms with van der Waals surface area (Å²) >= 11 is 3.94. The van der Waals surface area contributed by atoms with Crippen LogP contribution in [0.5, 0.6) is 0 Å². The van der Waals surface area contributed by atoms with Gasteiger partial charge in [0.05, 0.1) is 16.5 Å². The zero-order valence-electron chi connectivity index (χ0n) is 10.9. The third-order valence-corrected chi connectivity index (χ3v) is 6.25. The number of aryl methyl sites for hydroxylation is 1. The molecule has 0 spiro atoms. The summed E-state index contributed by atoms with van der Waals surface area (Å²) in [7, 11) is -3.76. The number of halogens is 1. The molecule has 2 rings (SSSR count). The van der Waals surface area contributed by atoms with Crippen LogP contribution in [0.2, 0.25) is 0 Å². The van der Waals surface area contributed by atoms with Crippen LogP contribution in [0.1, 0.15) is 15.2 Å². The minimum Gasteiger partial charge on any atom is -0.477 e. The topological polar surface area (TPSA) is 101 Å². The van der Waals surface area contributed by atoms with Gasteiger partial charge in [-0.2, -0.15) is 5.10 Å². The SMILES string of the molecule is Cc1cnn(CCNS(=O)(=O)c2cc(C(=O)O)sc2Br)c1. The van der Waals surface area contributed by atoms with Crippen LogP contribution in [0.4, 0.5) is 0 Å². The van der Waals surface area contributed by atoms with Gasteiger partial charge in [-0.1, -0.05) is 0 Å². The van der Waals surface area contributed by atoms with E-state index >= 15 is 0 Å². The Labute approximate surface area is 133 Å². The Bertz CT molecular complexity index is 766. The Morgan fingerprint density at radius 2 is 2.29 bits per heavy atom. The minimum absolute atomic E-state index is 0.0371. The molecule has 7 nitrogen and oxygen atoms in total. The number of carboxylic acid groups (broad SMARTS) is 1. The lowest BCUT2D eigenvalue weighted by Crippen LogP contribution is -2.27. The summed E-state index contributed by atoms with van der Waals surface area (Å²) < 4.78 is 28.6. The summed E-state index contributed by atoms with van der Waals surface area (Å²) in [6.45, 7) is 2.44. The highest BCUT2D eigenvalue weighted by molar-refractivity contribution is 9.11. The molecule has 2 N–H and O–H groups in total. The quantitative estimate of drug-likeness (QED) is 0.777. The molecule has 2 aromatic rings. The molecule has 0 unspecified atom stereocenters. The molecule has 0 saturated heterocycles. The smallest absolute Gasteiger partial charge is 0.345 e. The van der Waals surface area contributed by atoms with Gasteiger partial charge in [-0.25, -0.2) is 17.9 Å². The number of nitrogens with one attached hydrogen (secondary N) is 1. The molecule has 2 aromatic heterocycles. The first-order valence-electron chi connectivity index (χ1n) is 5.81. The van der Waals surface area contributed by atoms with Crippen molar-refractivity contribution in [2.45, 2.75) is 18.4 Å². The first-order chi connectivity index (χ1) is 9.79. The van der Waals surface area contributed by atoms with Gasteiger partial charge >= 0.3 is 5.97 Å². The zero-order chi connectivity index (χ0) is 15.6. The van der Waals surface area contributed by atoms with Crippen LogP contribution in [0, 0.1) is 6.92 Å². The molecule has 0 atom stereocenters. The molecule has 0 aliphatic heterocycles. The van der Waals surface area contributed by atoms with E-state index in [4.69, 9.17) is 5.11 Å². The molecule has 10 heteroatoms. The van der Waals surface area contributed by atoms with Gasteiger partial charge in [0.2, 0.25) is 10.0 Å². The second kappa shape index (κ2) is 6.26. The van der Waals surface area contributed by atoms with Crippen molar-refractivity contribution in [1.29, 1.82) is 0 Å². The molecular formula is C11H12BrN3O4S2. The summed E-state index contributed by atoms with van der Waals surface area (Å²) in [5, 5.41) is 12.9. The first-order valence-corrected chi connectivity index (χ1v) is 8.90. The fourth-order valence-electron chi connectivity index (χ4n) is 1.60. The van der Waals surface area contributed by atoms with Crippen molar-refractivity contribution in [2.24, 2.45) is 0 Å². The van der Waals surface area contributed by atoms with Gasteiger partial charge in [0.1, 0.15) is 9.77 Å². The number of nitrogens with zero attached hydrogens (tertiary/aromatic N) is 2. The lowest BCUT2D eigenvalue weighted by atomic mass is 10.4. The van der Waals surface area contributed by atoms with E-state index in [9.17, 15) is 13.2 Å². The summed E-state index contributed by atoms with van der Waals surface area (Å²) in [6.07, 6.45) is 3.49. The van der Waals surface area contributed by atoms with Crippen molar-refractivity contribution in [3.63, 3.8) is 0 Å². The van der Waals surface area contributed by atoms with Crippen molar-refractivity contribution < 1.29 is 18.3 Å². The summed E-state index contributed by atoms with van der Waals surface area (Å²) in [5.74, 6) is -1.16. The molecule has 114 valence electrons. The number of hydrogen-bond donors (Lipinski definition) is 2. The Morgan fingerprint density at radius 3 is 2.81 bits per heavy atom. The van der Waals surface area contributed by atoms with Gasteiger partial charge < -0.3 is 5.11 Å². The number of aromatic nitrogens is 2. The van der Waals surface area contributed by atoms with Crippen molar-refractivity contribution in [1.82, 2.24) is 14.5 Å². The van der Waals surface area contributed by atoms with Crippen molar-refractivity contribution >= 4 is 43.3 Å². The van der Waals surface area contributed by atoms with Crippen molar-refractivity contribution in [2.75, 3.05) is 6.54 Å². The number of carbonyl (C=O) groups is 1. The van der Waals surface area contributed by atoms with E-state index in [0.717, 1.165) is 23.0 Å². The van der Waals surface area contributed by atoms with E-state index in [1.165, 1.54) is 0 Å². The van der Waals surface area contributed by atoms with Crippen LogP contribution in [0.25, 0.3) is 0 Å². The fraction of sp³-hybridized carbons (Fsp3) is 0.273. The highest BCUT2D eigenvalue weighted by Crippen LogP contribution is 2.31. The van der Waals surface area contributed by atoms with E-state index in [1.807, 2.05) is 6.92 Å². The Kier molecular flexibility index (Phi) is 4.81. The highest BCUT2D eigenvalue weighted by atomic mass is 79.9. The van der Waals surface area contributed by atoms with Crippen LogP contribution in [0.15, 0.2) is 27.1 Å². The molecule has 0 radical (unpaired) electrons. The van der Waals surface area contributed by atoms with Gasteiger partial charge in [-0.05, 0) is 34.5 Å². The maximum absolute atomic E-state index is 12.1. The van der Waals surface area contributed by atoms with Gasteiger partial charge in [-0.3, -0.25) is 4.68 Å². The average Bonchev–Trinajstić information content (AvgIpc) is 2.96. The molecule has 0 aliphatic rings. The summed E-state index contributed by atoms with van der Waals surface area (Å²) in [4.78, 5) is 10.8. The largest absolute Gasteiger partial charge is 0.477 e. The van der Waals surface area contributed by atoms with E-state index in [0.29, 0.717) is 6.54 Å². The second-order valence-corrected chi connectivity index (χ2v) is 8.34. The number of carboxylic acids is 1. The van der Waals surface area contributed by atoms with E-state index in [-0.39, 0.29) is 20.1 Å². The Balaban J connectivity index is 2.06. The van der Waals surface area contributed by atoms with Gasteiger partial charge in [0, 0.05) is 12.7 Å². The predicted octanol–water partition coefficient (Wildman–Crippen LogP) is 1.69. The molecule has 0 aromatic carbocycles. The van der Waals surface area contributed by atoms with Crippen LogP contribution >= 0.6 is 27.3 Å². The van der Waals surface area contributed by atoms with Gasteiger partial charge in [0.25, 0.3) is 0 Å². The molecular weight excluding hydrogens is 382 g/mol. The number of thiophene rings is 1. The van der Waals surface area contributed by atoms with Crippen molar-refractivity contribution in [3.05, 3.63) is 32.7 Å². The molecule has 0 aliphatic carbocycles.